The summed E-state index contributed by atoms with van der Waals surface area (Å²) < 4.78 is 1.79. The molecule has 1 aromatic heterocycles. The highest BCUT2D eigenvalue weighted by atomic mass is 16.3. The number of rotatable bonds is 3. The largest absolute Gasteiger partial charge is 0.391 e. The molecule has 2 heterocycles. The molecule has 2 unspecified atom stereocenters. The van der Waals surface area contributed by atoms with Crippen LogP contribution in [0.25, 0.3) is 5.69 Å². The Morgan fingerprint density at radius 2 is 2.30 bits per heavy atom. The summed E-state index contributed by atoms with van der Waals surface area (Å²) >= 11 is 0. The zero-order valence-electron chi connectivity index (χ0n) is 13.2. The normalized spacial score (nSPS) is 19.4. The van der Waals surface area contributed by atoms with E-state index in [0.29, 0.717) is 13.1 Å². The quantitative estimate of drug-likeness (QED) is 0.911. The summed E-state index contributed by atoms with van der Waals surface area (Å²) in [6.45, 7) is 3.06. The second-order valence-corrected chi connectivity index (χ2v) is 5.96. The number of hydrogen-bond donors (Lipinski definition) is 2. The molecule has 0 saturated carbocycles. The van der Waals surface area contributed by atoms with Crippen molar-refractivity contribution >= 4 is 6.03 Å². The van der Waals surface area contributed by atoms with Gasteiger partial charge in [0.25, 0.3) is 0 Å². The lowest BCUT2D eigenvalue weighted by atomic mass is 10.1. The van der Waals surface area contributed by atoms with E-state index in [2.05, 4.69) is 10.4 Å². The van der Waals surface area contributed by atoms with Gasteiger partial charge in [0, 0.05) is 25.5 Å². The monoisotopic (exact) mass is 314 g/mol. The van der Waals surface area contributed by atoms with Crippen LogP contribution in [0.1, 0.15) is 31.4 Å². The van der Waals surface area contributed by atoms with Gasteiger partial charge in [-0.15, -0.1) is 0 Å². The Labute approximate surface area is 135 Å². The zero-order chi connectivity index (χ0) is 16.2. The number of nitrogens with one attached hydrogen (secondary N) is 1. The van der Waals surface area contributed by atoms with Gasteiger partial charge in [-0.25, -0.2) is 9.48 Å². The summed E-state index contributed by atoms with van der Waals surface area (Å²) in [5.41, 5.74) is 1.98. The van der Waals surface area contributed by atoms with Crippen LogP contribution in [0.5, 0.6) is 0 Å². The van der Waals surface area contributed by atoms with E-state index < -0.39 is 6.10 Å². The number of likely N-dealkylation sites (tertiary alicyclic amines) is 1. The van der Waals surface area contributed by atoms with Gasteiger partial charge in [0.2, 0.25) is 0 Å². The molecule has 1 aromatic carbocycles. The minimum atomic E-state index is -0.409. The van der Waals surface area contributed by atoms with Gasteiger partial charge in [0.15, 0.2) is 0 Å². The predicted molar refractivity (Wildman–Crippen MR) is 87.3 cm³/mol. The van der Waals surface area contributed by atoms with Crippen molar-refractivity contribution in [2.45, 2.75) is 31.9 Å². The summed E-state index contributed by atoms with van der Waals surface area (Å²) in [6, 6.07) is 9.58. The first-order valence-corrected chi connectivity index (χ1v) is 7.97. The van der Waals surface area contributed by atoms with Gasteiger partial charge in [-0.2, -0.15) is 5.10 Å². The average Bonchev–Trinajstić information content (AvgIpc) is 3.09. The number of amides is 2. The van der Waals surface area contributed by atoms with Crippen LogP contribution in [0.2, 0.25) is 0 Å². The van der Waals surface area contributed by atoms with E-state index in [1.165, 1.54) is 0 Å². The molecule has 2 aromatic rings. The van der Waals surface area contributed by atoms with Crippen LogP contribution in [0.4, 0.5) is 4.79 Å². The molecular formula is C17H22N4O2. The van der Waals surface area contributed by atoms with Crippen LogP contribution < -0.4 is 5.32 Å². The Balaban J connectivity index is 1.67. The van der Waals surface area contributed by atoms with Crippen LogP contribution in [0, 0.1) is 0 Å². The molecule has 6 nitrogen and oxygen atoms in total. The van der Waals surface area contributed by atoms with Crippen molar-refractivity contribution in [1.82, 2.24) is 20.0 Å². The van der Waals surface area contributed by atoms with Crippen molar-refractivity contribution in [2.75, 3.05) is 13.1 Å². The Morgan fingerprint density at radius 1 is 1.43 bits per heavy atom. The van der Waals surface area contributed by atoms with Gasteiger partial charge >= 0.3 is 6.03 Å². The molecule has 2 N–H and O–H groups in total. The SMILES string of the molecule is CC(NC(=O)N1CCCC(O)C1)c1cccc(-n2cccn2)c1. The number of hydrogen-bond acceptors (Lipinski definition) is 3. The van der Waals surface area contributed by atoms with E-state index in [0.717, 1.165) is 24.1 Å². The molecule has 1 saturated heterocycles. The van der Waals surface area contributed by atoms with E-state index in [4.69, 9.17) is 0 Å². The lowest BCUT2D eigenvalue weighted by Gasteiger charge is -2.31. The Bertz CT molecular complexity index is 656. The highest BCUT2D eigenvalue weighted by Crippen LogP contribution is 2.17. The highest BCUT2D eigenvalue weighted by molar-refractivity contribution is 5.74. The molecule has 122 valence electrons. The van der Waals surface area contributed by atoms with E-state index in [-0.39, 0.29) is 12.1 Å². The molecule has 2 amide bonds. The first-order chi connectivity index (χ1) is 11.1. The molecule has 23 heavy (non-hydrogen) atoms. The van der Waals surface area contributed by atoms with E-state index in [1.54, 1.807) is 15.8 Å². The number of carbonyl (C=O) groups excluding carboxylic acids is 1. The topological polar surface area (TPSA) is 70.4 Å². The Morgan fingerprint density at radius 3 is 3.04 bits per heavy atom. The lowest BCUT2D eigenvalue weighted by Crippen LogP contribution is -2.47. The van der Waals surface area contributed by atoms with E-state index in [9.17, 15) is 9.90 Å². The van der Waals surface area contributed by atoms with Crippen LogP contribution in [-0.4, -0.2) is 45.0 Å². The number of aliphatic hydroxyl groups excluding tert-OH is 1. The van der Waals surface area contributed by atoms with Crippen molar-refractivity contribution < 1.29 is 9.90 Å². The number of nitrogens with zero attached hydrogens (tertiary/aromatic N) is 3. The van der Waals surface area contributed by atoms with Gasteiger partial charge in [-0.1, -0.05) is 12.1 Å². The number of aliphatic hydroxyl groups is 1. The van der Waals surface area contributed by atoms with Crippen molar-refractivity contribution in [3.63, 3.8) is 0 Å². The predicted octanol–water partition coefficient (Wildman–Crippen LogP) is 2.10. The van der Waals surface area contributed by atoms with Gasteiger partial charge in [-0.05, 0) is 43.5 Å². The lowest BCUT2D eigenvalue weighted by molar-refractivity contribution is 0.0835. The zero-order valence-corrected chi connectivity index (χ0v) is 13.2. The fourth-order valence-electron chi connectivity index (χ4n) is 2.86. The number of carbonyl (C=O) groups is 1. The molecule has 0 aliphatic carbocycles. The van der Waals surface area contributed by atoms with E-state index >= 15 is 0 Å². The van der Waals surface area contributed by atoms with Gasteiger partial charge in [0.1, 0.15) is 0 Å². The molecular weight excluding hydrogens is 292 g/mol. The van der Waals surface area contributed by atoms with Crippen LogP contribution >= 0.6 is 0 Å². The maximum atomic E-state index is 12.3. The fourth-order valence-corrected chi connectivity index (χ4v) is 2.86. The molecule has 3 rings (SSSR count). The third-order valence-electron chi connectivity index (χ3n) is 4.16. The first-order valence-electron chi connectivity index (χ1n) is 7.97. The summed E-state index contributed by atoms with van der Waals surface area (Å²) in [7, 11) is 0. The van der Waals surface area contributed by atoms with Crippen molar-refractivity contribution in [2.24, 2.45) is 0 Å². The average molecular weight is 314 g/mol. The third kappa shape index (κ3) is 3.71. The van der Waals surface area contributed by atoms with Crippen LogP contribution in [0.15, 0.2) is 42.7 Å². The number of β-amino-alcohol motifs (C(OH)–C–C–N with tert-alkyl or cyclic N) is 1. The maximum Gasteiger partial charge on any atom is 0.317 e. The molecule has 2 atom stereocenters. The van der Waals surface area contributed by atoms with Crippen LogP contribution in [-0.2, 0) is 0 Å². The Hall–Kier alpha value is -2.34. The summed E-state index contributed by atoms with van der Waals surface area (Å²) in [4.78, 5) is 14.0. The van der Waals surface area contributed by atoms with Crippen molar-refractivity contribution in [3.05, 3.63) is 48.3 Å². The molecule has 0 radical (unpaired) electrons. The van der Waals surface area contributed by atoms with Crippen molar-refractivity contribution in [1.29, 1.82) is 0 Å². The van der Waals surface area contributed by atoms with Gasteiger partial charge in [0.05, 0.1) is 17.8 Å². The molecule has 0 bridgehead atoms. The number of benzene rings is 1. The van der Waals surface area contributed by atoms with Gasteiger partial charge < -0.3 is 15.3 Å². The fraction of sp³-hybridized carbons (Fsp3) is 0.412. The maximum absolute atomic E-state index is 12.3. The minimum absolute atomic E-state index is 0.114. The number of urea groups is 1. The third-order valence-corrected chi connectivity index (χ3v) is 4.16. The van der Waals surface area contributed by atoms with Crippen LogP contribution in [0.3, 0.4) is 0 Å². The summed E-state index contributed by atoms with van der Waals surface area (Å²) in [5, 5.41) is 16.9. The van der Waals surface area contributed by atoms with Crippen molar-refractivity contribution in [3.8, 4) is 5.69 Å². The summed E-state index contributed by atoms with van der Waals surface area (Å²) in [6.07, 6.45) is 4.83. The van der Waals surface area contributed by atoms with E-state index in [1.807, 2.05) is 43.5 Å². The number of piperidine rings is 1. The summed E-state index contributed by atoms with van der Waals surface area (Å²) in [5.74, 6) is 0. The molecule has 0 spiro atoms. The molecule has 1 aliphatic rings. The molecule has 6 heteroatoms. The standard InChI is InChI=1S/C17H22N4O2/c1-13(19-17(23)20-9-3-7-16(22)12-20)14-5-2-6-15(11-14)21-10-4-8-18-21/h2,4-6,8,10-11,13,16,22H,3,7,9,12H2,1H3,(H,19,23). The Kier molecular flexibility index (Phi) is 4.62. The second-order valence-electron chi connectivity index (χ2n) is 5.96. The molecule has 1 fully saturated rings. The number of aromatic nitrogens is 2. The molecule has 1 aliphatic heterocycles. The second kappa shape index (κ2) is 6.83. The smallest absolute Gasteiger partial charge is 0.317 e. The highest BCUT2D eigenvalue weighted by Gasteiger charge is 2.23. The first kappa shape index (κ1) is 15.6. The van der Waals surface area contributed by atoms with Gasteiger partial charge in [-0.3, -0.25) is 0 Å². The minimum Gasteiger partial charge on any atom is -0.391 e.